The number of likely N-dealkylation sites (tertiary alicyclic amines) is 1. The summed E-state index contributed by atoms with van der Waals surface area (Å²) in [6.45, 7) is 1.51. The molecule has 1 aliphatic rings. The molecule has 0 saturated carbocycles. The zero-order valence-corrected chi connectivity index (χ0v) is 15.3. The highest BCUT2D eigenvalue weighted by Crippen LogP contribution is 2.34. The highest BCUT2D eigenvalue weighted by atomic mass is 19.4. The Kier molecular flexibility index (Phi) is 6.33. The summed E-state index contributed by atoms with van der Waals surface area (Å²) in [7, 11) is 0. The average molecular weight is 393 g/mol. The van der Waals surface area contributed by atoms with Gasteiger partial charge in [0.2, 0.25) is 11.9 Å². The van der Waals surface area contributed by atoms with E-state index in [1.54, 1.807) is 29.2 Å². The van der Waals surface area contributed by atoms with Crippen molar-refractivity contribution in [2.45, 2.75) is 31.9 Å². The first-order chi connectivity index (χ1) is 13.4. The van der Waals surface area contributed by atoms with E-state index in [1.165, 1.54) is 0 Å². The van der Waals surface area contributed by atoms with Gasteiger partial charge in [-0.15, -0.1) is 0 Å². The number of nitrogens with zero attached hydrogens (tertiary/aromatic N) is 3. The Labute approximate surface area is 161 Å². The van der Waals surface area contributed by atoms with Crippen LogP contribution in [0.4, 0.5) is 30.6 Å². The molecule has 0 atom stereocenters. The average Bonchev–Trinajstić information content (AvgIpc) is 2.66. The van der Waals surface area contributed by atoms with Gasteiger partial charge in [-0.1, -0.05) is 18.2 Å². The molecule has 0 aliphatic carbocycles. The summed E-state index contributed by atoms with van der Waals surface area (Å²) < 4.78 is 39.8. The molecule has 0 radical (unpaired) electrons. The first kappa shape index (κ1) is 19.9. The monoisotopic (exact) mass is 393 g/mol. The van der Waals surface area contributed by atoms with Gasteiger partial charge >= 0.3 is 6.18 Å². The molecule has 28 heavy (non-hydrogen) atoms. The molecule has 1 fully saturated rings. The van der Waals surface area contributed by atoms with E-state index in [2.05, 4.69) is 20.6 Å². The second-order valence-electron chi connectivity index (χ2n) is 6.56. The van der Waals surface area contributed by atoms with Gasteiger partial charge in [0, 0.05) is 37.9 Å². The van der Waals surface area contributed by atoms with Gasteiger partial charge in [0.15, 0.2) is 0 Å². The van der Waals surface area contributed by atoms with Gasteiger partial charge in [-0.3, -0.25) is 4.79 Å². The van der Waals surface area contributed by atoms with Crippen molar-refractivity contribution < 1.29 is 18.0 Å². The Morgan fingerprint density at radius 3 is 2.64 bits per heavy atom. The SMILES string of the molecule is O=C1CCCCN1CCCNc1nc(Nc2ccccc2)ncc1C(F)(F)F. The van der Waals surface area contributed by atoms with Crippen LogP contribution in [0.15, 0.2) is 36.5 Å². The molecule has 9 heteroatoms. The number of nitrogens with one attached hydrogen (secondary N) is 2. The molecule has 2 N–H and O–H groups in total. The minimum absolute atomic E-state index is 0.0768. The third kappa shape index (κ3) is 5.34. The van der Waals surface area contributed by atoms with Crippen LogP contribution in [-0.2, 0) is 11.0 Å². The molecule has 0 spiro atoms. The van der Waals surface area contributed by atoms with E-state index in [4.69, 9.17) is 0 Å². The van der Waals surface area contributed by atoms with Gasteiger partial charge < -0.3 is 15.5 Å². The zero-order valence-electron chi connectivity index (χ0n) is 15.3. The molecule has 0 unspecified atom stereocenters. The fourth-order valence-electron chi connectivity index (χ4n) is 3.01. The highest BCUT2D eigenvalue weighted by Gasteiger charge is 2.35. The number of hydrogen-bond acceptors (Lipinski definition) is 5. The van der Waals surface area contributed by atoms with Crippen LogP contribution in [0.1, 0.15) is 31.2 Å². The molecular formula is C19H22F3N5O. The van der Waals surface area contributed by atoms with Crippen LogP contribution in [0, 0.1) is 0 Å². The third-order valence-electron chi connectivity index (χ3n) is 4.44. The molecular weight excluding hydrogens is 371 g/mol. The van der Waals surface area contributed by atoms with Crippen LogP contribution in [0.2, 0.25) is 0 Å². The lowest BCUT2D eigenvalue weighted by Crippen LogP contribution is -2.36. The number of benzene rings is 1. The Hall–Kier alpha value is -2.84. The van der Waals surface area contributed by atoms with Gasteiger partial charge in [-0.05, 0) is 31.4 Å². The lowest BCUT2D eigenvalue weighted by molar-refractivity contribution is -0.137. The number of piperidine rings is 1. The topological polar surface area (TPSA) is 70.2 Å². The van der Waals surface area contributed by atoms with Crippen molar-refractivity contribution in [1.29, 1.82) is 0 Å². The standard InChI is InChI=1S/C19H22F3N5O/c20-19(21,22)15-13-24-18(25-14-7-2-1-3-8-14)26-17(15)23-10-6-12-27-11-5-4-9-16(27)28/h1-3,7-8,13H,4-6,9-12H2,(H2,23,24,25,26). The number of amides is 1. The minimum atomic E-state index is -4.56. The van der Waals surface area contributed by atoms with Crippen molar-refractivity contribution in [2.24, 2.45) is 0 Å². The van der Waals surface area contributed by atoms with Crippen molar-refractivity contribution in [3.8, 4) is 0 Å². The second-order valence-corrected chi connectivity index (χ2v) is 6.56. The third-order valence-corrected chi connectivity index (χ3v) is 4.44. The molecule has 2 aromatic rings. The molecule has 1 aromatic heterocycles. The fourth-order valence-corrected chi connectivity index (χ4v) is 3.01. The van der Waals surface area contributed by atoms with E-state index in [1.807, 2.05) is 6.07 Å². The smallest absolute Gasteiger partial charge is 0.369 e. The van der Waals surface area contributed by atoms with E-state index in [9.17, 15) is 18.0 Å². The van der Waals surface area contributed by atoms with E-state index >= 15 is 0 Å². The number of anilines is 3. The van der Waals surface area contributed by atoms with E-state index in [-0.39, 0.29) is 24.2 Å². The number of hydrogen-bond donors (Lipinski definition) is 2. The minimum Gasteiger partial charge on any atom is -0.369 e. The number of halogens is 3. The van der Waals surface area contributed by atoms with Gasteiger partial charge in [-0.2, -0.15) is 18.2 Å². The van der Waals surface area contributed by atoms with Crippen LogP contribution in [0.25, 0.3) is 0 Å². The van der Waals surface area contributed by atoms with Crippen LogP contribution in [0.5, 0.6) is 0 Å². The van der Waals surface area contributed by atoms with Gasteiger partial charge in [0.1, 0.15) is 11.4 Å². The van der Waals surface area contributed by atoms with Gasteiger partial charge in [-0.25, -0.2) is 4.98 Å². The lowest BCUT2D eigenvalue weighted by atomic mass is 10.1. The summed E-state index contributed by atoms with van der Waals surface area (Å²) in [6.07, 6.45) is -0.829. The maximum absolute atomic E-state index is 13.3. The molecule has 150 valence electrons. The largest absolute Gasteiger partial charge is 0.421 e. The number of carbonyl (C=O) groups is 1. The highest BCUT2D eigenvalue weighted by molar-refractivity contribution is 5.76. The predicted octanol–water partition coefficient (Wildman–Crippen LogP) is 4.05. The summed E-state index contributed by atoms with van der Waals surface area (Å²) >= 11 is 0. The summed E-state index contributed by atoms with van der Waals surface area (Å²) in [5, 5.41) is 5.64. The number of carbonyl (C=O) groups excluding carboxylic acids is 1. The van der Waals surface area contributed by atoms with E-state index < -0.39 is 11.7 Å². The normalized spacial score (nSPS) is 14.8. The van der Waals surface area contributed by atoms with Crippen LogP contribution < -0.4 is 10.6 Å². The number of rotatable bonds is 7. The molecule has 6 nitrogen and oxygen atoms in total. The second kappa shape index (κ2) is 8.90. The summed E-state index contributed by atoms with van der Waals surface area (Å²) in [6, 6.07) is 8.97. The Bertz CT molecular complexity index is 798. The van der Waals surface area contributed by atoms with Crippen LogP contribution in [-0.4, -0.2) is 40.4 Å². The van der Waals surface area contributed by atoms with Crippen LogP contribution in [0.3, 0.4) is 0 Å². The molecule has 2 heterocycles. The van der Waals surface area contributed by atoms with Crippen molar-refractivity contribution in [2.75, 3.05) is 30.3 Å². The molecule has 1 amide bonds. The number of alkyl halides is 3. The molecule has 3 rings (SSSR count). The first-order valence-electron chi connectivity index (χ1n) is 9.21. The molecule has 1 aromatic carbocycles. The van der Waals surface area contributed by atoms with Gasteiger partial charge in [0.05, 0.1) is 0 Å². The summed E-state index contributed by atoms with van der Waals surface area (Å²) in [4.78, 5) is 21.3. The Balaban J connectivity index is 1.64. The summed E-state index contributed by atoms with van der Waals surface area (Å²) in [5.41, 5.74) is -0.239. The van der Waals surface area contributed by atoms with E-state index in [0.717, 1.165) is 19.0 Å². The molecule has 1 aliphatic heterocycles. The molecule has 1 saturated heterocycles. The Morgan fingerprint density at radius 1 is 1.14 bits per heavy atom. The van der Waals surface area contributed by atoms with Gasteiger partial charge in [0.25, 0.3) is 0 Å². The van der Waals surface area contributed by atoms with Crippen molar-refractivity contribution in [1.82, 2.24) is 14.9 Å². The van der Waals surface area contributed by atoms with E-state index in [0.29, 0.717) is 31.6 Å². The predicted molar refractivity (Wildman–Crippen MR) is 100 cm³/mol. The quantitative estimate of drug-likeness (QED) is 0.695. The molecule has 0 bridgehead atoms. The Morgan fingerprint density at radius 2 is 1.93 bits per heavy atom. The fraction of sp³-hybridized carbons (Fsp3) is 0.421. The lowest BCUT2D eigenvalue weighted by Gasteiger charge is -2.26. The maximum atomic E-state index is 13.3. The number of para-hydroxylation sites is 1. The summed E-state index contributed by atoms with van der Waals surface area (Å²) in [5.74, 6) is -0.0857. The van der Waals surface area contributed by atoms with Crippen molar-refractivity contribution in [3.63, 3.8) is 0 Å². The maximum Gasteiger partial charge on any atom is 0.421 e. The van der Waals surface area contributed by atoms with Crippen LogP contribution >= 0.6 is 0 Å². The van der Waals surface area contributed by atoms with Crippen molar-refractivity contribution >= 4 is 23.4 Å². The zero-order chi connectivity index (χ0) is 20.0. The van der Waals surface area contributed by atoms with Crippen molar-refractivity contribution in [3.05, 3.63) is 42.1 Å². The number of aromatic nitrogens is 2. The first-order valence-corrected chi connectivity index (χ1v) is 9.21.